The summed E-state index contributed by atoms with van der Waals surface area (Å²) in [5.41, 5.74) is 4.54. The molecular formula is C16H23N3O5. The largest absolute Gasteiger partial charge is 0.472 e. The number of carbonyl (C=O) groups excluding carboxylic acids is 3. The SMILES string of the molecule is CC(C)(C)OC(=O)N1CCC(C(=O)NNC(=O)c2ccoc2)CC1. The molecule has 24 heavy (non-hydrogen) atoms. The summed E-state index contributed by atoms with van der Waals surface area (Å²) in [5, 5.41) is 0. The number of amides is 3. The molecule has 1 fully saturated rings. The van der Waals surface area contributed by atoms with Gasteiger partial charge in [-0.2, -0.15) is 0 Å². The molecule has 1 aromatic heterocycles. The molecule has 0 radical (unpaired) electrons. The molecule has 1 aliphatic heterocycles. The molecule has 2 rings (SSSR count). The highest BCUT2D eigenvalue weighted by Gasteiger charge is 2.30. The highest BCUT2D eigenvalue weighted by atomic mass is 16.6. The second kappa shape index (κ2) is 7.37. The van der Waals surface area contributed by atoms with Crippen molar-refractivity contribution in [3.05, 3.63) is 24.2 Å². The summed E-state index contributed by atoms with van der Waals surface area (Å²) in [6, 6.07) is 1.50. The van der Waals surface area contributed by atoms with Crippen LogP contribution >= 0.6 is 0 Å². The van der Waals surface area contributed by atoms with Crippen LogP contribution in [0.25, 0.3) is 0 Å². The number of nitrogens with zero attached hydrogens (tertiary/aromatic N) is 1. The lowest BCUT2D eigenvalue weighted by molar-refractivity contribution is -0.127. The number of piperidine rings is 1. The molecule has 2 heterocycles. The number of likely N-dealkylation sites (tertiary alicyclic amines) is 1. The van der Waals surface area contributed by atoms with Gasteiger partial charge in [0.1, 0.15) is 11.9 Å². The summed E-state index contributed by atoms with van der Waals surface area (Å²) in [5.74, 6) is -0.965. The van der Waals surface area contributed by atoms with Gasteiger partial charge in [-0.05, 0) is 39.7 Å². The Morgan fingerprint density at radius 3 is 2.42 bits per heavy atom. The lowest BCUT2D eigenvalue weighted by Crippen LogP contribution is -2.48. The highest BCUT2D eigenvalue weighted by Crippen LogP contribution is 2.19. The summed E-state index contributed by atoms with van der Waals surface area (Å²) in [6.45, 7) is 6.33. The van der Waals surface area contributed by atoms with Crippen molar-refractivity contribution in [2.45, 2.75) is 39.2 Å². The summed E-state index contributed by atoms with van der Waals surface area (Å²) in [6.07, 6.45) is 3.35. The van der Waals surface area contributed by atoms with Gasteiger partial charge in [-0.25, -0.2) is 4.79 Å². The number of hydrazine groups is 1. The van der Waals surface area contributed by atoms with Crippen LogP contribution in [0, 0.1) is 5.92 Å². The van der Waals surface area contributed by atoms with E-state index in [-0.39, 0.29) is 17.9 Å². The van der Waals surface area contributed by atoms with E-state index < -0.39 is 11.5 Å². The van der Waals surface area contributed by atoms with E-state index in [2.05, 4.69) is 10.9 Å². The minimum absolute atomic E-state index is 0.256. The van der Waals surface area contributed by atoms with Gasteiger partial charge < -0.3 is 14.1 Å². The number of ether oxygens (including phenoxy) is 1. The molecule has 0 bridgehead atoms. The van der Waals surface area contributed by atoms with Crippen LogP contribution in [0.2, 0.25) is 0 Å². The number of nitrogens with one attached hydrogen (secondary N) is 2. The van der Waals surface area contributed by atoms with Gasteiger partial charge in [0.25, 0.3) is 5.91 Å². The van der Waals surface area contributed by atoms with Crippen LogP contribution in [-0.4, -0.2) is 41.5 Å². The maximum Gasteiger partial charge on any atom is 0.410 e. The minimum Gasteiger partial charge on any atom is -0.472 e. The van der Waals surface area contributed by atoms with Gasteiger partial charge in [0.05, 0.1) is 11.8 Å². The van der Waals surface area contributed by atoms with Crippen LogP contribution in [0.3, 0.4) is 0 Å². The average Bonchev–Trinajstić information content (AvgIpc) is 3.05. The maximum absolute atomic E-state index is 12.1. The van der Waals surface area contributed by atoms with E-state index in [4.69, 9.17) is 9.15 Å². The predicted molar refractivity (Wildman–Crippen MR) is 84.8 cm³/mol. The van der Waals surface area contributed by atoms with E-state index in [1.54, 1.807) is 4.90 Å². The first kappa shape index (κ1) is 17.8. The molecule has 1 aliphatic rings. The number of rotatable bonds is 2. The number of carbonyl (C=O) groups is 3. The van der Waals surface area contributed by atoms with Crippen molar-refractivity contribution in [3.8, 4) is 0 Å². The zero-order valence-electron chi connectivity index (χ0n) is 14.1. The van der Waals surface area contributed by atoms with Crippen molar-refractivity contribution < 1.29 is 23.5 Å². The minimum atomic E-state index is -0.539. The van der Waals surface area contributed by atoms with E-state index in [9.17, 15) is 14.4 Å². The Morgan fingerprint density at radius 1 is 1.21 bits per heavy atom. The average molecular weight is 337 g/mol. The highest BCUT2D eigenvalue weighted by molar-refractivity contribution is 5.95. The molecule has 0 unspecified atom stereocenters. The predicted octanol–water partition coefficient (Wildman–Crippen LogP) is 1.69. The van der Waals surface area contributed by atoms with Gasteiger partial charge in [-0.1, -0.05) is 0 Å². The molecule has 0 aliphatic carbocycles. The van der Waals surface area contributed by atoms with E-state index in [0.717, 1.165) is 0 Å². The molecular weight excluding hydrogens is 314 g/mol. The first-order chi connectivity index (χ1) is 11.3. The van der Waals surface area contributed by atoms with Gasteiger partial charge in [0.2, 0.25) is 5.91 Å². The monoisotopic (exact) mass is 337 g/mol. The van der Waals surface area contributed by atoms with Crippen molar-refractivity contribution in [3.63, 3.8) is 0 Å². The summed E-state index contributed by atoms with van der Waals surface area (Å²) >= 11 is 0. The molecule has 1 saturated heterocycles. The Bertz CT molecular complexity index is 583. The quantitative estimate of drug-likeness (QED) is 0.800. The van der Waals surface area contributed by atoms with Gasteiger partial charge in [0.15, 0.2) is 0 Å². The second-order valence-electron chi connectivity index (χ2n) is 6.70. The zero-order chi connectivity index (χ0) is 17.7. The molecule has 8 nitrogen and oxygen atoms in total. The normalized spacial score (nSPS) is 15.7. The van der Waals surface area contributed by atoms with Gasteiger partial charge in [-0.3, -0.25) is 20.4 Å². The van der Waals surface area contributed by atoms with E-state index in [1.807, 2.05) is 20.8 Å². The van der Waals surface area contributed by atoms with Crippen molar-refractivity contribution in [1.29, 1.82) is 0 Å². The van der Waals surface area contributed by atoms with Crippen LogP contribution in [0.4, 0.5) is 4.79 Å². The first-order valence-corrected chi connectivity index (χ1v) is 7.86. The fourth-order valence-electron chi connectivity index (χ4n) is 2.34. The topological polar surface area (TPSA) is 101 Å². The summed E-state index contributed by atoms with van der Waals surface area (Å²) in [4.78, 5) is 37.4. The molecule has 0 atom stereocenters. The molecule has 1 aromatic rings. The molecule has 2 N–H and O–H groups in total. The van der Waals surface area contributed by atoms with Crippen LogP contribution in [0.15, 0.2) is 23.0 Å². The van der Waals surface area contributed by atoms with E-state index >= 15 is 0 Å². The third-order valence-electron chi connectivity index (χ3n) is 3.60. The lowest BCUT2D eigenvalue weighted by atomic mass is 9.96. The van der Waals surface area contributed by atoms with E-state index in [0.29, 0.717) is 31.5 Å². The third kappa shape index (κ3) is 5.00. The van der Waals surface area contributed by atoms with Crippen LogP contribution < -0.4 is 10.9 Å². The summed E-state index contributed by atoms with van der Waals surface area (Å²) in [7, 11) is 0. The number of furan rings is 1. The molecule has 0 saturated carbocycles. The van der Waals surface area contributed by atoms with Crippen molar-refractivity contribution in [1.82, 2.24) is 15.8 Å². The fourth-order valence-corrected chi connectivity index (χ4v) is 2.34. The number of hydrogen-bond donors (Lipinski definition) is 2. The maximum atomic E-state index is 12.1. The van der Waals surface area contributed by atoms with Gasteiger partial charge in [0, 0.05) is 19.0 Å². The smallest absolute Gasteiger partial charge is 0.410 e. The van der Waals surface area contributed by atoms with Crippen molar-refractivity contribution in [2.75, 3.05) is 13.1 Å². The van der Waals surface area contributed by atoms with E-state index in [1.165, 1.54) is 18.6 Å². The third-order valence-corrected chi connectivity index (χ3v) is 3.60. The molecule has 3 amide bonds. The van der Waals surface area contributed by atoms with Gasteiger partial charge >= 0.3 is 6.09 Å². The Kier molecular flexibility index (Phi) is 5.48. The molecule has 8 heteroatoms. The Balaban J connectivity index is 1.74. The van der Waals surface area contributed by atoms with Gasteiger partial charge in [-0.15, -0.1) is 0 Å². The number of hydrogen-bond acceptors (Lipinski definition) is 5. The van der Waals surface area contributed by atoms with Crippen LogP contribution in [0.1, 0.15) is 44.0 Å². The standard InChI is InChI=1S/C16H23N3O5/c1-16(2,3)24-15(22)19-7-4-11(5-8-19)13(20)17-18-14(21)12-6-9-23-10-12/h6,9-11H,4-5,7-8H2,1-3H3,(H,17,20)(H,18,21). The molecule has 0 spiro atoms. The van der Waals surface area contributed by atoms with Crippen molar-refractivity contribution >= 4 is 17.9 Å². The zero-order valence-corrected chi connectivity index (χ0v) is 14.1. The Hall–Kier alpha value is -2.51. The molecule has 0 aromatic carbocycles. The summed E-state index contributed by atoms with van der Waals surface area (Å²) < 4.78 is 10.1. The van der Waals surface area contributed by atoms with Crippen LogP contribution in [-0.2, 0) is 9.53 Å². The Morgan fingerprint density at radius 2 is 1.88 bits per heavy atom. The van der Waals surface area contributed by atoms with Crippen molar-refractivity contribution in [2.24, 2.45) is 5.92 Å². The lowest BCUT2D eigenvalue weighted by Gasteiger charge is -2.32. The fraction of sp³-hybridized carbons (Fsp3) is 0.562. The first-order valence-electron chi connectivity index (χ1n) is 7.86. The molecule has 132 valence electrons. The Labute approximate surface area is 140 Å². The van der Waals surface area contributed by atoms with Crippen LogP contribution in [0.5, 0.6) is 0 Å². The second-order valence-corrected chi connectivity index (χ2v) is 6.70.